The second kappa shape index (κ2) is 12.4. The van der Waals surface area contributed by atoms with Gasteiger partial charge in [-0.05, 0) is 49.4 Å². The monoisotopic (exact) mass is 523 g/mol. The van der Waals surface area contributed by atoms with Crippen molar-refractivity contribution in [3.8, 4) is 0 Å². The first-order chi connectivity index (χ1) is 17.9. The summed E-state index contributed by atoms with van der Waals surface area (Å²) < 4.78 is 11.4. The van der Waals surface area contributed by atoms with E-state index in [0.29, 0.717) is 18.0 Å². The summed E-state index contributed by atoms with van der Waals surface area (Å²) in [6, 6.07) is 11.6. The van der Waals surface area contributed by atoms with Crippen molar-refractivity contribution in [2.24, 2.45) is 0 Å². The van der Waals surface area contributed by atoms with Crippen LogP contribution in [0.25, 0.3) is 10.2 Å². The number of aryl methyl sites for hydroxylation is 1. The van der Waals surface area contributed by atoms with Crippen LogP contribution in [0.15, 0.2) is 48.7 Å². The molecule has 0 spiro atoms. The molecule has 1 saturated heterocycles. The highest BCUT2D eigenvalue weighted by Crippen LogP contribution is 2.28. The van der Waals surface area contributed by atoms with Crippen LogP contribution in [-0.2, 0) is 25.7 Å². The van der Waals surface area contributed by atoms with Crippen LogP contribution in [0, 0.1) is 6.92 Å². The van der Waals surface area contributed by atoms with Crippen LogP contribution >= 0.6 is 11.3 Å². The Balaban J connectivity index is 1.37. The molecule has 2 amide bonds. The number of ketones is 1. The van der Waals surface area contributed by atoms with Crippen molar-refractivity contribution >= 4 is 45.3 Å². The predicted octanol–water partition coefficient (Wildman–Crippen LogP) is 4.03. The van der Waals surface area contributed by atoms with E-state index in [1.54, 1.807) is 17.2 Å². The number of amides is 2. The molecule has 0 aliphatic carbocycles. The molecule has 37 heavy (non-hydrogen) atoms. The zero-order chi connectivity index (χ0) is 26.2. The fourth-order valence-corrected chi connectivity index (χ4v) is 5.10. The number of nitrogens with zero attached hydrogens (tertiary/aromatic N) is 2. The van der Waals surface area contributed by atoms with Gasteiger partial charge < -0.3 is 19.7 Å². The summed E-state index contributed by atoms with van der Waals surface area (Å²) in [6.07, 6.45) is 2.71. The molecule has 0 bridgehead atoms. The van der Waals surface area contributed by atoms with Gasteiger partial charge in [-0.2, -0.15) is 0 Å². The van der Waals surface area contributed by atoms with E-state index in [0.717, 1.165) is 34.2 Å². The number of carbonyl (C=O) groups is 4. The number of alkyl carbamates (subject to hydrolysis) is 1. The van der Waals surface area contributed by atoms with Crippen molar-refractivity contribution in [2.75, 3.05) is 19.7 Å². The van der Waals surface area contributed by atoms with Crippen molar-refractivity contribution in [1.29, 1.82) is 0 Å². The molecule has 0 unspecified atom stereocenters. The van der Waals surface area contributed by atoms with Crippen molar-refractivity contribution in [3.05, 3.63) is 64.7 Å². The van der Waals surface area contributed by atoms with Crippen molar-refractivity contribution in [3.63, 3.8) is 0 Å². The van der Waals surface area contributed by atoms with Crippen molar-refractivity contribution in [2.45, 2.75) is 45.3 Å². The standard InChI is InChI=1S/C27H29N3O6S/c1-18-11-12-28-21-15-23(37-25(18)21)22(31)10-9-20(26(33)35-17-24(32)30-13-5-6-14-30)29-27(34)36-16-19-7-3-2-4-8-19/h2-4,7-8,11-12,15,20H,5-6,9-10,13-14,16-17H2,1H3,(H,29,34)/t20-/m1/s1. The lowest BCUT2D eigenvalue weighted by Crippen LogP contribution is -2.43. The van der Waals surface area contributed by atoms with Gasteiger partial charge in [0.15, 0.2) is 12.4 Å². The smallest absolute Gasteiger partial charge is 0.408 e. The van der Waals surface area contributed by atoms with Crippen LogP contribution in [-0.4, -0.2) is 59.4 Å². The van der Waals surface area contributed by atoms with Crippen molar-refractivity contribution in [1.82, 2.24) is 15.2 Å². The van der Waals surface area contributed by atoms with Crippen LogP contribution in [0.1, 0.15) is 46.5 Å². The van der Waals surface area contributed by atoms with E-state index in [2.05, 4.69) is 10.3 Å². The maximum Gasteiger partial charge on any atom is 0.408 e. The molecular weight excluding hydrogens is 494 g/mol. The number of hydrogen-bond acceptors (Lipinski definition) is 8. The lowest BCUT2D eigenvalue weighted by Gasteiger charge is -2.19. The van der Waals surface area contributed by atoms with Gasteiger partial charge in [0.2, 0.25) is 0 Å². The number of pyridine rings is 1. The summed E-state index contributed by atoms with van der Waals surface area (Å²) in [7, 11) is 0. The van der Waals surface area contributed by atoms with Crippen LogP contribution in [0.4, 0.5) is 4.79 Å². The molecule has 0 radical (unpaired) electrons. The number of rotatable bonds is 10. The van der Waals surface area contributed by atoms with Crippen LogP contribution < -0.4 is 5.32 Å². The maximum atomic E-state index is 12.9. The van der Waals surface area contributed by atoms with Gasteiger partial charge in [0.1, 0.15) is 12.6 Å². The first-order valence-electron chi connectivity index (χ1n) is 12.2. The molecule has 194 valence electrons. The number of thiophene rings is 1. The summed E-state index contributed by atoms with van der Waals surface area (Å²) in [6.45, 7) is 2.85. The van der Waals surface area contributed by atoms with E-state index in [1.165, 1.54) is 11.3 Å². The fourth-order valence-electron chi connectivity index (χ4n) is 4.05. The minimum atomic E-state index is -1.15. The number of esters is 1. The molecule has 1 aromatic carbocycles. The second-order valence-electron chi connectivity index (χ2n) is 8.87. The quantitative estimate of drug-likeness (QED) is 0.315. The molecule has 0 saturated carbocycles. The molecule has 2 aromatic heterocycles. The highest BCUT2D eigenvalue weighted by atomic mass is 32.1. The van der Waals surface area contributed by atoms with E-state index in [4.69, 9.17) is 9.47 Å². The predicted molar refractivity (Wildman–Crippen MR) is 138 cm³/mol. The number of likely N-dealkylation sites (tertiary alicyclic amines) is 1. The largest absolute Gasteiger partial charge is 0.454 e. The third-order valence-electron chi connectivity index (χ3n) is 6.13. The molecule has 1 atom stereocenters. The van der Waals surface area contributed by atoms with Crippen LogP contribution in [0.3, 0.4) is 0 Å². The summed E-state index contributed by atoms with van der Waals surface area (Å²) in [5.74, 6) is -1.24. The molecule has 9 nitrogen and oxygen atoms in total. The first-order valence-corrected chi connectivity index (χ1v) is 13.0. The maximum absolute atomic E-state index is 12.9. The number of benzene rings is 1. The number of ether oxygens (including phenoxy) is 2. The van der Waals surface area contributed by atoms with Gasteiger partial charge in [-0.1, -0.05) is 30.3 Å². The second-order valence-corrected chi connectivity index (χ2v) is 9.92. The molecule has 1 fully saturated rings. The molecular formula is C27H29N3O6S. The normalized spacial score (nSPS) is 13.8. The number of aromatic nitrogens is 1. The minimum Gasteiger partial charge on any atom is -0.454 e. The third-order valence-corrected chi connectivity index (χ3v) is 7.43. The first kappa shape index (κ1) is 26.3. The van der Waals surface area contributed by atoms with Crippen molar-refractivity contribution < 1.29 is 28.7 Å². The molecule has 3 aromatic rings. The third kappa shape index (κ3) is 7.13. The Bertz CT molecular complexity index is 1270. The zero-order valence-electron chi connectivity index (χ0n) is 20.6. The zero-order valence-corrected chi connectivity index (χ0v) is 21.4. The average Bonchev–Trinajstić information content (AvgIpc) is 3.60. The summed E-state index contributed by atoms with van der Waals surface area (Å²) >= 11 is 1.35. The highest BCUT2D eigenvalue weighted by molar-refractivity contribution is 7.21. The Hall–Kier alpha value is -3.79. The van der Waals surface area contributed by atoms with Gasteiger partial charge in [0, 0.05) is 25.7 Å². The van der Waals surface area contributed by atoms with Gasteiger partial charge in [0.05, 0.1) is 15.1 Å². The van der Waals surface area contributed by atoms with E-state index >= 15 is 0 Å². The Kier molecular flexibility index (Phi) is 8.84. The van der Waals surface area contributed by atoms with Gasteiger partial charge in [0.25, 0.3) is 5.91 Å². The Morgan fingerprint density at radius 3 is 2.57 bits per heavy atom. The molecule has 4 rings (SSSR count). The number of carbonyl (C=O) groups excluding carboxylic acids is 4. The fraction of sp³-hybridized carbons (Fsp3) is 0.370. The number of Topliss-reactive ketones (excluding diaryl/α,β-unsaturated/α-hetero) is 1. The van der Waals surface area contributed by atoms with Crippen LogP contribution in [0.5, 0.6) is 0 Å². The van der Waals surface area contributed by atoms with E-state index in [1.807, 2.05) is 43.3 Å². The van der Waals surface area contributed by atoms with Gasteiger partial charge in [-0.3, -0.25) is 14.6 Å². The van der Waals surface area contributed by atoms with Gasteiger partial charge in [-0.15, -0.1) is 11.3 Å². The van der Waals surface area contributed by atoms with Crippen LogP contribution in [0.2, 0.25) is 0 Å². The van der Waals surface area contributed by atoms with E-state index in [-0.39, 0.29) is 31.1 Å². The SMILES string of the molecule is Cc1ccnc2cc(C(=O)CC[C@@H](NC(=O)OCc3ccccc3)C(=O)OCC(=O)N3CCCC3)sc12. The topological polar surface area (TPSA) is 115 Å². The summed E-state index contributed by atoms with van der Waals surface area (Å²) in [4.78, 5) is 56.9. The molecule has 1 aliphatic heterocycles. The number of nitrogens with one attached hydrogen (secondary N) is 1. The Morgan fingerprint density at radius 1 is 1.08 bits per heavy atom. The Morgan fingerprint density at radius 2 is 1.84 bits per heavy atom. The lowest BCUT2D eigenvalue weighted by molar-refractivity contribution is -0.153. The number of fused-ring (bicyclic) bond motifs is 1. The van der Waals surface area contributed by atoms with Gasteiger partial charge in [-0.25, -0.2) is 9.59 Å². The molecule has 10 heteroatoms. The summed E-state index contributed by atoms with van der Waals surface area (Å²) in [5.41, 5.74) is 2.56. The molecule has 3 heterocycles. The molecule has 1 aliphatic rings. The minimum absolute atomic E-state index is 0.00331. The lowest BCUT2D eigenvalue weighted by atomic mass is 10.1. The van der Waals surface area contributed by atoms with E-state index < -0.39 is 24.7 Å². The molecule has 1 N–H and O–H groups in total. The highest BCUT2D eigenvalue weighted by Gasteiger charge is 2.27. The summed E-state index contributed by atoms with van der Waals surface area (Å²) in [5, 5.41) is 2.50. The van der Waals surface area contributed by atoms with E-state index in [9.17, 15) is 19.2 Å². The Labute approximate surface area is 218 Å². The van der Waals surface area contributed by atoms with Gasteiger partial charge >= 0.3 is 12.1 Å². The number of hydrogen-bond donors (Lipinski definition) is 1. The average molecular weight is 524 g/mol.